The van der Waals surface area contributed by atoms with Crippen molar-refractivity contribution in [2.24, 2.45) is 56.7 Å². The Hall–Kier alpha value is -1.63. The third-order valence-electron chi connectivity index (χ3n) is 15.1. The van der Waals surface area contributed by atoms with Crippen LogP contribution in [0.3, 0.4) is 0 Å². The molecule has 0 aliphatic heterocycles. The molecule has 6 heteroatoms. The van der Waals surface area contributed by atoms with Gasteiger partial charge in [0.1, 0.15) is 17.0 Å². The zero-order valence-electron chi connectivity index (χ0n) is 26.8. The standard InChI is InChI=1S/C36H50O6/c1-30(2)19-10-9-18-25(33(19,6)15-13-23(30)38)27-29(40)35(8,42)26(18)28-34(7,41)24(39)17-21-32(5)14-12-22(37)31(3,4)20(32)11-16-36(21,27)28/h17,19-20,22,26-28,37,41-42H,9-16H2,1-8H3/t19-,20-,22+,26+,27-,28+,32-,33-,34-,35+,36?/m0/s1. The number of carbonyl (C=O) groups excluding carboxylic acids is 3. The minimum absolute atomic E-state index is 0.0887. The van der Waals surface area contributed by atoms with Crippen molar-refractivity contribution in [3.05, 3.63) is 22.8 Å². The first-order chi connectivity index (χ1) is 19.2. The number of fused-ring (bicyclic) bond motifs is 4. The van der Waals surface area contributed by atoms with Crippen molar-refractivity contribution < 1.29 is 29.7 Å². The van der Waals surface area contributed by atoms with Crippen LogP contribution in [0.1, 0.15) is 107 Å². The van der Waals surface area contributed by atoms with Gasteiger partial charge >= 0.3 is 0 Å². The lowest BCUT2D eigenvalue weighted by Crippen LogP contribution is -2.77. The van der Waals surface area contributed by atoms with Crippen molar-refractivity contribution >= 4 is 17.3 Å². The molecule has 8 rings (SSSR count). The summed E-state index contributed by atoms with van der Waals surface area (Å²) in [7, 11) is 0. The minimum Gasteiger partial charge on any atom is -0.393 e. The van der Waals surface area contributed by atoms with Crippen LogP contribution < -0.4 is 0 Å². The number of aliphatic hydroxyl groups is 3. The van der Waals surface area contributed by atoms with Crippen LogP contribution in [0.25, 0.3) is 0 Å². The maximum Gasteiger partial charge on any atom is 0.187 e. The maximum absolute atomic E-state index is 14.9. The van der Waals surface area contributed by atoms with Gasteiger partial charge in [-0.25, -0.2) is 0 Å². The lowest BCUT2D eigenvalue weighted by molar-refractivity contribution is -0.216. The number of allylic oxidation sites excluding steroid dienone is 2. The van der Waals surface area contributed by atoms with Crippen molar-refractivity contribution in [3.8, 4) is 0 Å². The monoisotopic (exact) mass is 578 g/mol. The van der Waals surface area contributed by atoms with E-state index in [0.29, 0.717) is 38.5 Å². The Morgan fingerprint density at radius 2 is 1.43 bits per heavy atom. The van der Waals surface area contributed by atoms with E-state index in [1.807, 2.05) is 0 Å². The average Bonchev–Trinajstić information content (AvgIpc) is 2.88. The van der Waals surface area contributed by atoms with Gasteiger partial charge in [-0.1, -0.05) is 58.3 Å². The predicted octanol–water partition coefficient (Wildman–Crippen LogP) is 5.13. The molecule has 0 aromatic carbocycles. The highest BCUT2D eigenvalue weighted by Gasteiger charge is 2.79. The summed E-state index contributed by atoms with van der Waals surface area (Å²) in [6.45, 7) is 16.1. The normalized spacial score (nSPS) is 53.9. The summed E-state index contributed by atoms with van der Waals surface area (Å²) in [6, 6.07) is 0. The van der Waals surface area contributed by atoms with Crippen molar-refractivity contribution in [2.45, 2.75) is 124 Å². The maximum atomic E-state index is 14.9. The summed E-state index contributed by atoms with van der Waals surface area (Å²) < 4.78 is 0. The van der Waals surface area contributed by atoms with Gasteiger partial charge in [-0.15, -0.1) is 0 Å². The van der Waals surface area contributed by atoms with Gasteiger partial charge in [0.25, 0.3) is 0 Å². The van der Waals surface area contributed by atoms with E-state index in [4.69, 9.17) is 0 Å². The summed E-state index contributed by atoms with van der Waals surface area (Å²) in [4.78, 5) is 42.1. The molecule has 0 amide bonds. The second-order valence-electron chi connectivity index (χ2n) is 17.5. The number of Topliss-reactive ketones (excluding diaryl/α,β-unsaturated/α-hetero) is 2. The van der Waals surface area contributed by atoms with E-state index in [1.165, 1.54) is 0 Å². The van der Waals surface area contributed by atoms with Gasteiger partial charge in [0, 0.05) is 29.1 Å². The fraction of sp³-hybridized carbons (Fsp3) is 0.806. The molecule has 11 atom stereocenters. The molecular weight excluding hydrogens is 528 g/mol. The van der Waals surface area contributed by atoms with Gasteiger partial charge in [-0.05, 0) is 93.0 Å². The highest BCUT2D eigenvalue weighted by molar-refractivity contribution is 6.03. The number of rotatable bonds is 0. The molecule has 4 saturated carbocycles. The van der Waals surface area contributed by atoms with Crippen molar-refractivity contribution in [1.29, 1.82) is 0 Å². The SMILES string of the molecule is CC1(C)C(=O)CC[C@]2(C)C3=C(CC[C@@H]12)[C@@H]1[C@H]2C4(CC[C@H]5C(C)(C)[C@H](O)CC[C@]5(C)C4=CC(=O)[C@]2(C)O)[C@@H]3C(=O)[C@]1(C)O. The second-order valence-corrected chi connectivity index (χ2v) is 17.5. The molecule has 0 saturated heterocycles. The third-order valence-corrected chi connectivity index (χ3v) is 15.1. The quantitative estimate of drug-likeness (QED) is 0.344. The highest BCUT2D eigenvalue weighted by Crippen LogP contribution is 2.79. The van der Waals surface area contributed by atoms with Crippen LogP contribution >= 0.6 is 0 Å². The van der Waals surface area contributed by atoms with Gasteiger partial charge in [0.2, 0.25) is 0 Å². The molecule has 42 heavy (non-hydrogen) atoms. The highest BCUT2D eigenvalue weighted by atomic mass is 16.3. The zero-order chi connectivity index (χ0) is 30.8. The largest absolute Gasteiger partial charge is 0.393 e. The summed E-state index contributed by atoms with van der Waals surface area (Å²) in [6.07, 6.45) is 6.64. The van der Waals surface area contributed by atoms with E-state index >= 15 is 0 Å². The molecule has 0 aromatic rings. The smallest absolute Gasteiger partial charge is 0.187 e. The lowest BCUT2D eigenvalue weighted by Gasteiger charge is -2.74. The number of carbonyl (C=O) groups is 3. The van der Waals surface area contributed by atoms with E-state index in [2.05, 4.69) is 41.5 Å². The summed E-state index contributed by atoms with van der Waals surface area (Å²) in [5.41, 5.74) is -2.69. The van der Waals surface area contributed by atoms with Crippen molar-refractivity contribution in [2.75, 3.05) is 0 Å². The number of ketones is 3. The zero-order valence-corrected chi connectivity index (χ0v) is 26.8. The van der Waals surface area contributed by atoms with E-state index in [9.17, 15) is 29.7 Å². The summed E-state index contributed by atoms with van der Waals surface area (Å²) >= 11 is 0. The van der Waals surface area contributed by atoms with E-state index in [1.54, 1.807) is 19.9 Å². The van der Waals surface area contributed by atoms with Crippen molar-refractivity contribution in [1.82, 2.24) is 0 Å². The van der Waals surface area contributed by atoms with Gasteiger partial charge < -0.3 is 15.3 Å². The first-order valence-electron chi connectivity index (χ1n) is 16.4. The molecule has 1 spiro atoms. The van der Waals surface area contributed by atoms with Crippen LogP contribution in [0.2, 0.25) is 0 Å². The molecule has 8 aliphatic rings. The summed E-state index contributed by atoms with van der Waals surface area (Å²) in [5, 5.41) is 35.5. The van der Waals surface area contributed by atoms with Gasteiger partial charge in [-0.3, -0.25) is 14.4 Å². The van der Waals surface area contributed by atoms with Gasteiger partial charge in [-0.2, -0.15) is 0 Å². The molecule has 0 aromatic heterocycles. The van der Waals surface area contributed by atoms with Crippen LogP contribution in [0.15, 0.2) is 22.8 Å². The fourth-order valence-electron chi connectivity index (χ4n) is 13.2. The van der Waals surface area contributed by atoms with E-state index < -0.39 is 51.3 Å². The molecular formula is C36H50O6. The Morgan fingerprint density at radius 3 is 2.10 bits per heavy atom. The van der Waals surface area contributed by atoms with Crippen LogP contribution in [-0.2, 0) is 14.4 Å². The molecule has 3 N–H and O–H groups in total. The first kappa shape index (κ1) is 29.1. The molecule has 0 radical (unpaired) electrons. The molecule has 4 fully saturated rings. The van der Waals surface area contributed by atoms with Crippen LogP contribution in [-0.4, -0.2) is 50.0 Å². The Balaban J connectivity index is 1.52. The Bertz CT molecular complexity index is 1390. The number of hydrogen-bond acceptors (Lipinski definition) is 6. The predicted molar refractivity (Wildman–Crippen MR) is 158 cm³/mol. The topological polar surface area (TPSA) is 112 Å². The van der Waals surface area contributed by atoms with E-state index in [0.717, 1.165) is 29.6 Å². The molecule has 6 nitrogen and oxygen atoms in total. The van der Waals surface area contributed by atoms with Crippen LogP contribution in [0.4, 0.5) is 0 Å². The van der Waals surface area contributed by atoms with Crippen LogP contribution in [0, 0.1) is 56.7 Å². The number of hydrogen-bond donors (Lipinski definition) is 3. The molecule has 0 heterocycles. The van der Waals surface area contributed by atoms with Gasteiger partial charge in [0.15, 0.2) is 11.6 Å². The molecule has 230 valence electrons. The van der Waals surface area contributed by atoms with Crippen molar-refractivity contribution in [3.63, 3.8) is 0 Å². The van der Waals surface area contributed by atoms with Crippen LogP contribution in [0.5, 0.6) is 0 Å². The fourth-order valence-corrected chi connectivity index (χ4v) is 13.2. The molecule has 2 bridgehead atoms. The number of aliphatic hydroxyl groups excluding tert-OH is 1. The Morgan fingerprint density at radius 1 is 0.762 bits per heavy atom. The lowest BCUT2D eigenvalue weighted by atomic mass is 9.29. The average molecular weight is 579 g/mol. The first-order valence-corrected chi connectivity index (χ1v) is 16.4. The third kappa shape index (κ3) is 2.92. The Labute approximate surface area is 250 Å². The Kier molecular flexibility index (Phi) is 5.51. The van der Waals surface area contributed by atoms with Gasteiger partial charge in [0.05, 0.1) is 12.0 Å². The van der Waals surface area contributed by atoms with E-state index in [-0.39, 0.29) is 40.0 Å². The molecule has 8 aliphatic carbocycles. The summed E-state index contributed by atoms with van der Waals surface area (Å²) in [5.74, 6) is -1.93. The second kappa shape index (κ2) is 7.95. The minimum atomic E-state index is -1.72. The molecule has 1 unspecified atom stereocenters.